The Labute approximate surface area is 188 Å². The molecule has 0 spiro atoms. The average Bonchev–Trinajstić information content (AvgIpc) is 2.81. The van der Waals surface area contributed by atoms with Crippen molar-refractivity contribution in [3.63, 3.8) is 0 Å². The van der Waals surface area contributed by atoms with E-state index in [0.717, 1.165) is 19.6 Å². The topological polar surface area (TPSA) is 12.5 Å². The molecule has 0 radical (unpaired) electrons. The molecule has 168 valence electrons. The maximum atomic E-state index is 14.3. The van der Waals surface area contributed by atoms with Gasteiger partial charge in [0.1, 0.15) is 12.4 Å². The minimum Gasteiger partial charge on any atom is -0.492 e. The largest absolute Gasteiger partial charge is 0.492 e. The number of allylic oxidation sites excluding steroid dienone is 1. The van der Waals surface area contributed by atoms with Crippen molar-refractivity contribution in [2.24, 2.45) is 0 Å². The molecule has 0 amide bonds. The molecule has 3 aromatic carbocycles. The van der Waals surface area contributed by atoms with Gasteiger partial charge in [-0.15, -0.1) is 0 Å². The Bertz CT molecular complexity index is 993. The number of alkyl halides is 3. The summed E-state index contributed by atoms with van der Waals surface area (Å²) in [6.07, 6.45) is -4.52. The molecule has 0 unspecified atom stereocenters. The molecule has 0 aromatic heterocycles. The van der Waals surface area contributed by atoms with Crippen LogP contribution in [0.4, 0.5) is 13.2 Å². The Balaban J connectivity index is 2.01. The van der Waals surface area contributed by atoms with Gasteiger partial charge in [0.2, 0.25) is 0 Å². The van der Waals surface area contributed by atoms with Gasteiger partial charge in [-0.2, -0.15) is 13.2 Å². The van der Waals surface area contributed by atoms with Crippen molar-refractivity contribution in [2.75, 3.05) is 26.2 Å². The van der Waals surface area contributed by atoms with E-state index in [1.165, 1.54) is 12.1 Å². The molecule has 0 bridgehead atoms. The van der Waals surface area contributed by atoms with Crippen molar-refractivity contribution in [2.45, 2.75) is 20.0 Å². The maximum absolute atomic E-state index is 14.3. The molecule has 0 fully saturated rings. The van der Waals surface area contributed by atoms with Crippen LogP contribution in [-0.2, 0) is 0 Å². The summed E-state index contributed by atoms with van der Waals surface area (Å²) in [6, 6.07) is 23.5. The van der Waals surface area contributed by atoms with Gasteiger partial charge in [0.25, 0.3) is 0 Å². The van der Waals surface area contributed by atoms with E-state index in [1.54, 1.807) is 72.8 Å². The van der Waals surface area contributed by atoms with E-state index in [2.05, 4.69) is 18.7 Å². The average molecular weight is 440 g/mol. The van der Waals surface area contributed by atoms with E-state index < -0.39 is 11.7 Å². The van der Waals surface area contributed by atoms with Gasteiger partial charge < -0.3 is 9.64 Å². The second-order valence-electron chi connectivity index (χ2n) is 7.38. The van der Waals surface area contributed by atoms with E-state index in [4.69, 9.17) is 4.74 Å². The van der Waals surface area contributed by atoms with Crippen LogP contribution in [0, 0.1) is 0 Å². The fourth-order valence-corrected chi connectivity index (χ4v) is 3.66. The number of rotatable bonds is 9. The lowest BCUT2D eigenvalue weighted by atomic mass is 9.89. The zero-order valence-electron chi connectivity index (χ0n) is 18.4. The molecule has 32 heavy (non-hydrogen) atoms. The predicted octanol–water partition coefficient (Wildman–Crippen LogP) is 6.93. The summed E-state index contributed by atoms with van der Waals surface area (Å²) >= 11 is 0. The third-order valence-electron chi connectivity index (χ3n) is 5.37. The van der Waals surface area contributed by atoms with Gasteiger partial charge in [-0.1, -0.05) is 86.6 Å². The van der Waals surface area contributed by atoms with Crippen molar-refractivity contribution >= 4 is 11.1 Å². The molecule has 0 aliphatic carbocycles. The van der Waals surface area contributed by atoms with Crippen molar-refractivity contribution in [3.8, 4) is 5.75 Å². The summed E-state index contributed by atoms with van der Waals surface area (Å²) in [5, 5.41) is 0. The lowest BCUT2D eigenvalue weighted by molar-refractivity contribution is -0.0685. The van der Waals surface area contributed by atoms with E-state index in [1.807, 2.05) is 0 Å². The van der Waals surface area contributed by atoms with Crippen LogP contribution >= 0.6 is 0 Å². The van der Waals surface area contributed by atoms with Crippen molar-refractivity contribution in [3.05, 3.63) is 102 Å². The minimum absolute atomic E-state index is 0.137. The molecule has 0 saturated heterocycles. The third kappa shape index (κ3) is 6.01. The smallest absolute Gasteiger partial charge is 0.417 e. The van der Waals surface area contributed by atoms with Crippen molar-refractivity contribution < 1.29 is 17.9 Å². The second-order valence-corrected chi connectivity index (χ2v) is 7.38. The highest BCUT2D eigenvalue weighted by Crippen LogP contribution is 2.42. The molecule has 5 heteroatoms. The highest BCUT2D eigenvalue weighted by Gasteiger charge is 2.38. The van der Waals surface area contributed by atoms with Crippen molar-refractivity contribution in [1.82, 2.24) is 4.90 Å². The highest BCUT2D eigenvalue weighted by atomic mass is 19.4. The molecule has 0 heterocycles. The number of likely N-dealkylation sites (N-methyl/N-ethyl adjacent to an activating group) is 1. The molecule has 2 nitrogen and oxygen atoms in total. The predicted molar refractivity (Wildman–Crippen MR) is 125 cm³/mol. The highest BCUT2D eigenvalue weighted by molar-refractivity contribution is 6.00. The number of ether oxygens (including phenoxy) is 1. The second kappa shape index (κ2) is 11.0. The van der Waals surface area contributed by atoms with Crippen LogP contribution in [-0.4, -0.2) is 37.3 Å². The number of nitrogens with zero attached hydrogens (tertiary/aromatic N) is 1. The van der Waals surface area contributed by atoms with E-state index >= 15 is 0 Å². The first-order chi connectivity index (χ1) is 15.4. The van der Waals surface area contributed by atoms with Crippen LogP contribution in [0.15, 0.2) is 84.9 Å². The van der Waals surface area contributed by atoms with E-state index in [9.17, 15) is 13.2 Å². The zero-order valence-corrected chi connectivity index (χ0v) is 18.4. The summed E-state index contributed by atoms with van der Waals surface area (Å²) < 4.78 is 48.8. The minimum atomic E-state index is -4.52. The Morgan fingerprint density at radius 1 is 0.719 bits per heavy atom. The first-order valence-corrected chi connectivity index (χ1v) is 10.8. The van der Waals surface area contributed by atoms with Gasteiger partial charge in [0.05, 0.1) is 5.57 Å². The van der Waals surface area contributed by atoms with Crippen LogP contribution in [0.5, 0.6) is 5.75 Å². The molecular weight excluding hydrogens is 411 g/mol. The molecule has 0 aliphatic heterocycles. The first-order valence-electron chi connectivity index (χ1n) is 10.8. The quantitative estimate of drug-likeness (QED) is 0.335. The zero-order chi connectivity index (χ0) is 23.0. The molecule has 3 rings (SSSR count). The number of hydrogen-bond acceptors (Lipinski definition) is 2. The first kappa shape index (κ1) is 23.6. The lowest BCUT2D eigenvalue weighted by Crippen LogP contribution is -2.27. The van der Waals surface area contributed by atoms with Gasteiger partial charge >= 0.3 is 6.18 Å². The summed E-state index contributed by atoms with van der Waals surface area (Å²) in [7, 11) is 0. The summed E-state index contributed by atoms with van der Waals surface area (Å²) in [5.74, 6) is 0.640. The number of benzene rings is 3. The molecular formula is C27H28F3NO. The Morgan fingerprint density at radius 2 is 1.22 bits per heavy atom. The van der Waals surface area contributed by atoms with Crippen LogP contribution in [0.25, 0.3) is 11.1 Å². The van der Waals surface area contributed by atoms with Crippen molar-refractivity contribution in [1.29, 1.82) is 0 Å². The molecule has 0 atom stereocenters. The Morgan fingerprint density at radius 3 is 1.72 bits per heavy atom. The Hall–Kier alpha value is -3.05. The Kier molecular flexibility index (Phi) is 8.12. The van der Waals surface area contributed by atoms with Gasteiger partial charge in [0, 0.05) is 12.1 Å². The van der Waals surface area contributed by atoms with Crippen LogP contribution < -0.4 is 4.74 Å². The monoisotopic (exact) mass is 439 g/mol. The third-order valence-corrected chi connectivity index (χ3v) is 5.37. The van der Waals surface area contributed by atoms with Gasteiger partial charge in [-0.25, -0.2) is 0 Å². The van der Waals surface area contributed by atoms with Crippen LogP contribution in [0.2, 0.25) is 0 Å². The molecule has 0 N–H and O–H groups in total. The van der Waals surface area contributed by atoms with E-state index in [-0.39, 0.29) is 11.1 Å². The number of halogens is 3. The summed E-state index contributed by atoms with van der Waals surface area (Å²) in [5.41, 5.74) is 0.638. The SMILES string of the molecule is CCN(CC)CCOc1ccc(/C(=C(/c2ccccc2)C(F)(F)F)c2ccccc2)cc1. The lowest BCUT2D eigenvalue weighted by Gasteiger charge is -2.20. The fourth-order valence-electron chi connectivity index (χ4n) is 3.66. The van der Waals surface area contributed by atoms with Gasteiger partial charge in [-0.05, 0) is 41.9 Å². The molecule has 3 aromatic rings. The summed E-state index contributed by atoms with van der Waals surface area (Å²) in [4.78, 5) is 2.25. The molecule has 0 aliphatic rings. The van der Waals surface area contributed by atoms with Gasteiger partial charge in [-0.3, -0.25) is 0 Å². The molecule has 0 saturated carbocycles. The fraction of sp³-hybridized carbons (Fsp3) is 0.259. The normalized spacial score (nSPS) is 12.6. The standard InChI is InChI=1S/C27H28F3NO/c1-3-31(4-2)19-20-32-24-17-15-22(16-18-24)25(21-11-7-5-8-12-21)26(27(28,29)30)23-13-9-6-10-14-23/h5-18H,3-4,19-20H2,1-2H3/b26-25-. The van der Waals surface area contributed by atoms with E-state index in [0.29, 0.717) is 23.5 Å². The maximum Gasteiger partial charge on any atom is 0.417 e. The van der Waals surface area contributed by atoms with Gasteiger partial charge in [0.15, 0.2) is 0 Å². The summed E-state index contributed by atoms with van der Waals surface area (Å²) in [6.45, 7) is 7.42. The number of hydrogen-bond donors (Lipinski definition) is 0. The van der Waals surface area contributed by atoms with Crippen LogP contribution in [0.3, 0.4) is 0 Å². The van der Waals surface area contributed by atoms with Crippen LogP contribution in [0.1, 0.15) is 30.5 Å².